The van der Waals surface area contributed by atoms with Crippen molar-refractivity contribution in [2.24, 2.45) is 0 Å². The van der Waals surface area contributed by atoms with Gasteiger partial charge >= 0.3 is 5.97 Å². The van der Waals surface area contributed by atoms with Crippen LogP contribution in [0.5, 0.6) is 0 Å². The maximum atomic E-state index is 10.7. The smallest absolute Gasteiger partial charge is 0.308 e. The van der Waals surface area contributed by atoms with Crippen LogP contribution in [0, 0.1) is 13.8 Å². The molecule has 19 heavy (non-hydrogen) atoms. The topological polar surface area (TPSA) is 62.2 Å². The van der Waals surface area contributed by atoms with Gasteiger partial charge in [-0.3, -0.25) is 4.79 Å². The Morgan fingerprint density at radius 2 is 2.21 bits per heavy atom. The van der Waals surface area contributed by atoms with Crippen LogP contribution >= 0.6 is 11.3 Å². The zero-order valence-corrected chi connectivity index (χ0v) is 11.8. The Balaban J connectivity index is 2.02. The SMILES string of the molecule is Cc1cccc(NCc2nc(C)c(CC(=O)O)s2)c1. The van der Waals surface area contributed by atoms with E-state index in [1.165, 1.54) is 16.9 Å². The second-order valence-corrected chi connectivity index (χ2v) is 5.58. The maximum absolute atomic E-state index is 10.7. The molecule has 0 saturated heterocycles. The highest BCUT2D eigenvalue weighted by molar-refractivity contribution is 7.11. The summed E-state index contributed by atoms with van der Waals surface area (Å²) in [6, 6.07) is 8.12. The largest absolute Gasteiger partial charge is 0.481 e. The Labute approximate surface area is 116 Å². The molecular weight excluding hydrogens is 260 g/mol. The lowest BCUT2D eigenvalue weighted by atomic mass is 10.2. The van der Waals surface area contributed by atoms with Crippen molar-refractivity contribution in [1.29, 1.82) is 0 Å². The van der Waals surface area contributed by atoms with Gasteiger partial charge in [-0.25, -0.2) is 4.98 Å². The highest BCUT2D eigenvalue weighted by Crippen LogP contribution is 2.20. The third kappa shape index (κ3) is 3.79. The van der Waals surface area contributed by atoms with Gasteiger partial charge in [0.1, 0.15) is 5.01 Å². The Morgan fingerprint density at radius 1 is 1.42 bits per heavy atom. The molecule has 0 saturated carbocycles. The molecule has 0 fully saturated rings. The van der Waals surface area contributed by atoms with Crippen LogP contribution in [0.2, 0.25) is 0 Å². The van der Waals surface area contributed by atoms with E-state index in [1.54, 1.807) is 0 Å². The summed E-state index contributed by atoms with van der Waals surface area (Å²) >= 11 is 1.46. The van der Waals surface area contributed by atoms with Crippen LogP contribution in [0.4, 0.5) is 5.69 Å². The number of benzene rings is 1. The summed E-state index contributed by atoms with van der Waals surface area (Å²) in [5.41, 5.74) is 3.06. The molecule has 0 spiro atoms. The number of hydrogen-bond acceptors (Lipinski definition) is 4. The van der Waals surface area contributed by atoms with Crippen LogP contribution in [-0.2, 0) is 17.8 Å². The van der Waals surface area contributed by atoms with Gasteiger partial charge in [0.15, 0.2) is 0 Å². The molecule has 0 bridgehead atoms. The zero-order valence-electron chi connectivity index (χ0n) is 10.9. The quantitative estimate of drug-likeness (QED) is 0.881. The first-order chi connectivity index (χ1) is 9.04. The van der Waals surface area contributed by atoms with Crippen LogP contribution < -0.4 is 5.32 Å². The van der Waals surface area contributed by atoms with Gasteiger partial charge in [-0.2, -0.15) is 0 Å². The number of carbonyl (C=O) groups is 1. The molecule has 0 aliphatic heterocycles. The molecule has 0 unspecified atom stereocenters. The van der Waals surface area contributed by atoms with Gasteiger partial charge in [0.2, 0.25) is 0 Å². The van der Waals surface area contributed by atoms with E-state index in [1.807, 2.05) is 32.0 Å². The number of rotatable bonds is 5. The van der Waals surface area contributed by atoms with Crippen molar-refractivity contribution >= 4 is 23.0 Å². The van der Waals surface area contributed by atoms with E-state index in [9.17, 15) is 4.79 Å². The minimum absolute atomic E-state index is 0.0495. The van der Waals surface area contributed by atoms with Crippen LogP contribution in [0.1, 0.15) is 21.1 Å². The number of anilines is 1. The fourth-order valence-corrected chi connectivity index (χ4v) is 2.80. The van der Waals surface area contributed by atoms with Crippen molar-refractivity contribution in [2.75, 3.05) is 5.32 Å². The van der Waals surface area contributed by atoms with Gasteiger partial charge in [-0.15, -0.1) is 11.3 Å². The van der Waals surface area contributed by atoms with Crippen molar-refractivity contribution in [3.8, 4) is 0 Å². The lowest BCUT2D eigenvalue weighted by molar-refractivity contribution is -0.136. The number of thiazole rings is 1. The van der Waals surface area contributed by atoms with Crippen LogP contribution in [0.3, 0.4) is 0 Å². The predicted molar refractivity (Wildman–Crippen MR) is 76.7 cm³/mol. The number of carboxylic acid groups (broad SMARTS) is 1. The molecule has 2 rings (SSSR count). The number of aromatic nitrogens is 1. The second-order valence-electron chi connectivity index (χ2n) is 4.41. The highest BCUT2D eigenvalue weighted by atomic mass is 32.1. The maximum Gasteiger partial charge on any atom is 0.308 e. The summed E-state index contributed by atoms with van der Waals surface area (Å²) in [5, 5.41) is 13.0. The van der Waals surface area contributed by atoms with E-state index in [0.717, 1.165) is 21.3 Å². The van der Waals surface area contributed by atoms with Crippen molar-refractivity contribution in [2.45, 2.75) is 26.8 Å². The fraction of sp³-hybridized carbons (Fsp3) is 0.286. The summed E-state index contributed by atoms with van der Waals surface area (Å²) in [7, 11) is 0. The van der Waals surface area contributed by atoms with Gasteiger partial charge in [0.05, 0.1) is 18.7 Å². The summed E-state index contributed by atoms with van der Waals surface area (Å²) in [6.07, 6.45) is 0.0495. The summed E-state index contributed by atoms with van der Waals surface area (Å²) in [5.74, 6) is -0.815. The van der Waals surface area contributed by atoms with Crippen molar-refractivity contribution in [1.82, 2.24) is 4.98 Å². The van der Waals surface area contributed by atoms with Gasteiger partial charge in [0.25, 0.3) is 0 Å². The van der Waals surface area contributed by atoms with E-state index in [0.29, 0.717) is 6.54 Å². The summed E-state index contributed by atoms with van der Waals surface area (Å²) < 4.78 is 0. The van der Waals surface area contributed by atoms with Gasteiger partial charge < -0.3 is 10.4 Å². The molecule has 2 N–H and O–H groups in total. The Hall–Kier alpha value is -1.88. The number of aryl methyl sites for hydroxylation is 2. The van der Waals surface area contributed by atoms with Gasteiger partial charge in [-0.05, 0) is 31.5 Å². The second kappa shape index (κ2) is 5.84. The molecule has 4 nitrogen and oxygen atoms in total. The standard InChI is InChI=1S/C14H16N2O2S/c1-9-4-3-5-11(6-9)15-8-13-16-10(2)12(19-13)7-14(17)18/h3-6,15H,7-8H2,1-2H3,(H,17,18). The first-order valence-corrected chi connectivity index (χ1v) is 6.84. The Bertz CT molecular complexity index is 593. The van der Waals surface area contributed by atoms with Crippen molar-refractivity contribution < 1.29 is 9.90 Å². The number of carboxylic acids is 1. The number of hydrogen-bond donors (Lipinski definition) is 2. The molecule has 2 aromatic rings. The molecule has 0 aliphatic rings. The average molecular weight is 276 g/mol. The van der Waals surface area contributed by atoms with Crippen molar-refractivity contribution in [3.05, 3.63) is 45.4 Å². The first-order valence-electron chi connectivity index (χ1n) is 6.02. The molecule has 1 heterocycles. The van der Waals surface area contributed by atoms with E-state index >= 15 is 0 Å². The molecule has 0 amide bonds. The molecule has 0 atom stereocenters. The third-order valence-electron chi connectivity index (χ3n) is 2.71. The molecule has 0 radical (unpaired) electrons. The normalized spacial score (nSPS) is 10.4. The molecular formula is C14H16N2O2S. The van der Waals surface area contributed by atoms with E-state index in [2.05, 4.69) is 16.4 Å². The monoisotopic (exact) mass is 276 g/mol. The van der Waals surface area contributed by atoms with E-state index in [4.69, 9.17) is 5.11 Å². The Kier molecular flexibility index (Phi) is 4.16. The van der Waals surface area contributed by atoms with E-state index < -0.39 is 5.97 Å². The molecule has 1 aromatic heterocycles. The van der Waals surface area contributed by atoms with Crippen molar-refractivity contribution in [3.63, 3.8) is 0 Å². The molecule has 0 aliphatic carbocycles. The van der Waals surface area contributed by atoms with Crippen LogP contribution in [0.25, 0.3) is 0 Å². The Morgan fingerprint density at radius 3 is 2.89 bits per heavy atom. The highest BCUT2D eigenvalue weighted by Gasteiger charge is 2.10. The third-order valence-corrected chi connectivity index (χ3v) is 3.87. The summed E-state index contributed by atoms with van der Waals surface area (Å²) in [6.45, 7) is 4.52. The first kappa shape index (κ1) is 13.5. The minimum Gasteiger partial charge on any atom is -0.481 e. The minimum atomic E-state index is -0.815. The molecule has 1 aromatic carbocycles. The number of nitrogens with one attached hydrogen (secondary N) is 1. The van der Waals surface area contributed by atoms with E-state index in [-0.39, 0.29) is 6.42 Å². The van der Waals surface area contributed by atoms with Gasteiger partial charge in [0, 0.05) is 10.6 Å². The fourth-order valence-electron chi connectivity index (χ4n) is 1.80. The number of aliphatic carboxylic acids is 1. The van der Waals surface area contributed by atoms with Gasteiger partial charge in [-0.1, -0.05) is 12.1 Å². The molecule has 5 heteroatoms. The summed E-state index contributed by atoms with van der Waals surface area (Å²) in [4.78, 5) is 15.9. The van der Waals surface area contributed by atoms with Crippen LogP contribution in [0.15, 0.2) is 24.3 Å². The van der Waals surface area contributed by atoms with Crippen LogP contribution in [-0.4, -0.2) is 16.1 Å². The predicted octanol–water partition coefficient (Wildman–Crippen LogP) is 3.00. The number of nitrogens with zero attached hydrogens (tertiary/aromatic N) is 1. The zero-order chi connectivity index (χ0) is 13.8. The lowest BCUT2D eigenvalue weighted by Crippen LogP contribution is -1.99. The lowest BCUT2D eigenvalue weighted by Gasteiger charge is -2.04. The molecule has 100 valence electrons. The average Bonchev–Trinajstić information content (AvgIpc) is 2.67.